The molecule has 0 aliphatic heterocycles. The third-order valence-corrected chi connectivity index (χ3v) is 5.11. The number of rotatable bonds is 13. The summed E-state index contributed by atoms with van der Waals surface area (Å²) in [7, 11) is 0. The van der Waals surface area contributed by atoms with E-state index in [1.807, 2.05) is 60.7 Å². The summed E-state index contributed by atoms with van der Waals surface area (Å²) in [6.07, 6.45) is 3.28. The molecule has 0 aliphatic rings. The fourth-order valence-electron chi connectivity index (χ4n) is 3.30. The van der Waals surface area contributed by atoms with E-state index in [4.69, 9.17) is 19.3 Å². The summed E-state index contributed by atoms with van der Waals surface area (Å²) in [4.78, 5) is 22.2. The molecule has 0 saturated carbocycles. The molecule has 1 unspecified atom stereocenters. The van der Waals surface area contributed by atoms with Gasteiger partial charge in [-0.2, -0.15) is 0 Å². The Morgan fingerprint density at radius 2 is 1.60 bits per heavy atom. The molecule has 0 aliphatic carbocycles. The highest BCUT2D eigenvalue weighted by Gasteiger charge is 2.17. The second-order valence-electron chi connectivity index (χ2n) is 7.71. The lowest BCUT2D eigenvalue weighted by Gasteiger charge is -2.12. The van der Waals surface area contributed by atoms with Crippen molar-refractivity contribution in [3.63, 3.8) is 0 Å². The lowest BCUT2D eigenvalue weighted by Crippen LogP contribution is -2.26. The highest BCUT2D eigenvalue weighted by Crippen LogP contribution is 2.18. The van der Waals surface area contributed by atoms with Crippen molar-refractivity contribution in [2.24, 2.45) is 0 Å². The number of hydrogen-bond acceptors (Lipinski definition) is 5. The van der Waals surface area contributed by atoms with Crippen LogP contribution in [0.2, 0.25) is 0 Å². The van der Waals surface area contributed by atoms with E-state index in [2.05, 4.69) is 0 Å². The van der Waals surface area contributed by atoms with Gasteiger partial charge >= 0.3 is 11.9 Å². The number of aromatic carboxylic acids is 1. The lowest BCUT2D eigenvalue weighted by molar-refractivity contribution is -0.149. The molecular weight excluding hydrogens is 448 g/mol. The van der Waals surface area contributed by atoms with Crippen LogP contribution in [-0.4, -0.2) is 41.5 Å². The van der Waals surface area contributed by atoms with E-state index >= 15 is 0 Å². The smallest absolute Gasteiger partial charge is 0.335 e. The number of benzene rings is 3. The number of carboxylic acid groups (broad SMARTS) is 2. The maximum absolute atomic E-state index is 11.2. The predicted octanol–water partition coefficient (Wildman–Crippen LogP) is 5.09. The molecule has 7 nitrogen and oxygen atoms in total. The van der Waals surface area contributed by atoms with Gasteiger partial charge in [0.2, 0.25) is 0 Å². The van der Waals surface area contributed by atoms with E-state index in [0.717, 1.165) is 16.7 Å². The van der Waals surface area contributed by atoms with Gasteiger partial charge in [-0.1, -0.05) is 42.5 Å². The molecule has 1 atom stereocenters. The second-order valence-corrected chi connectivity index (χ2v) is 7.71. The van der Waals surface area contributed by atoms with Crippen LogP contribution in [0.15, 0.2) is 78.9 Å². The maximum Gasteiger partial charge on any atom is 0.335 e. The normalized spacial score (nSPS) is 11.8. The van der Waals surface area contributed by atoms with Gasteiger partial charge in [-0.3, -0.25) is 0 Å². The van der Waals surface area contributed by atoms with E-state index in [0.29, 0.717) is 37.7 Å². The van der Waals surface area contributed by atoms with Gasteiger partial charge in [0.15, 0.2) is 6.10 Å². The van der Waals surface area contributed by atoms with Crippen LogP contribution in [0, 0.1) is 0 Å². The zero-order chi connectivity index (χ0) is 25.0. The Morgan fingerprint density at radius 3 is 2.26 bits per heavy atom. The van der Waals surface area contributed by atoms with E-state index < -0.39 is 18.0 Å². The van der Waals surface area contributed by atoms with Crippen molar-refractivity contribution in [1.29, 1.82) is 0 Å². The summed E-state index contributed by atoms with van der Waals surface area (Å²) in [6.45, 7) is 2.83. The molecule has 3 rings (SSSR count). The van der Waals surface area contributed by atoms with Crippen LogP contribution >= 0.6 is 0 Å². The summed E-state index contributed by atoms with van der Waals surface area (Å²) in [5.74, 6) is -0.532. The highest BCUT2D eigenvalue weighted by molar-refractivity contribution is 5.87. The van der Waals surface area contributed by atoms with Crippen LogP contribution in [0.4, 0.5) is 0 Å². The average Bonchev–Trinajstić information content (AvgIpc) is 2.86. The quantitative estimate of drug-likeness (QED) is 0.354. The molecule has 7 heteroatoms. The molecule has 2 N–H and O–H groups in total. The Bertz CT molecular complexity index is 1130. The van der Waals surface area contributed by atoms with Gasteiger partial charge in [-0.15, -0.1) is 0 Å². The van der Waals surface area contributed by atoms with Gasteiger partial charge in [0.05, 0.1) is 5.56 Å². The average molecular weight is 477 g/mol. The van der Waals surface area contributed by atoms with Crippen molar-refractivity contribution in [3.8, 4) is 11.5 Å². The Morgan fingerprint density at radius 1 is 0.886 bits per heavy atom. The number of ether oxygens (including phenoxy) is 3. The lowest BCUT2D eigenvalue weighted by atomic mass is 10.1. The van der Waals surface area contributed by atoms with Crippen LogP contribution in [-0.2, 0) is 22.6 Å². The Hall–Kier alpha value is -4.10. The van der Waals surface area contributed by atoms with Crippen LogP contribution in [0.25, 0.3) is 6.08 Å². The van der Waals surface area contributed by atoms with Crippen molar-refractivity contribution < 1.29 is 34.0 Å². The monoisotopic (exact) mass is 476 g/mol. The SMILES string of the molecule is CCOC(Cc1ccc(OCC=Cc2cccc(OCc3ccc(C(=O)O)cc3)c2)cc1)C(=O)O. The van der Waals surface area contributed by atoms with Crippen LogP contribution in [0.5, 0.6) is 11.5 Å². The van der Waals surface area contributed by atoms with Crippen molar-refractivity contribution in [1.82, 2.24) is 0 Å². The maximum atomic E-state index is 11.2. The van der Waals surface area contributed by atoms with Gasteiger partial charge < -0.3 is 24.4 Å². The van der Waals surface area contributed by atoms with Crippen LogP contribution in [0.3, 0.4) is 0 Å². The van der Waals surface area contributed by atoms with E-state index in [-0.39, 0.29) is 5.56 Å². The molecule has 0 fully saturated rings. The number of carboxylic acids is 2. The largest absolute Gasteiger partial charge is 0.490 e. The standard InChI is InChI=1S/C28H28O7/c1-2-33-26(28(31)32)18-21-10-14-24(15-11-21)34-16-4-6-20-5-3-7-25(17-20)35-19-22-8-12-23(13-9-22)27(29)30/h3-15,17,26H,2,16,18-19H2,1H3,(H,29,30)(H,31,32). The Balaban J connectivity index is 1.47. The van der Waals surface area contributed by atoms with Crippen molar-refractivity contribution >= 4 is 18.0 Å². The van der Waals surface area contributed by atoms with Gasteiger partial charge in [0, 0.05) is 13.0 Å². The van der Waals surface area contributed by atoms with Crippen molar-refractivity contribution in [2.45, 2.75) is 26.1 Å². The molecule has 35 heavy (non-hydrogen) atoms. The van der Waals surface area contributed by atoms with Crippen LogP contribution < -0.4 is 9.47 Å². The van der Waals surface area contributed by atoms with Gasteiger partial charge in [-0.05, 0) is 66.1 Å². The van der Waals surface area contributed by atoms with E-state index in [1.165, 1.54) is 0 Å². The molecule has 3 aromatic rings. The van der Waals surface area contributed by atoms with Crippen molar-refractivity contribution in [2.75, 3.05) is 13.2 Å². The number of hydrogen-bond donors (Lipinski definition) is 2. The first-order valence-corrected chi connectivity index (χ1v) is 11.2. The van der Waals surface area contributed by atoms with Crippen molar-refractivity contribution in [3.05, 3.63) is 101 Å². The topological polar surface area (TPSA) is 102 Å². The molecule has 0 heterocycles. The predicted molar refractivity (Wildman–Crippen MR) is 132 cm³/mol. The molecule has 0 aromatic heterocycles. The molecule has 0 radical (unpaired) electrons. The molecular formula is C28H28O7. The second kappa shape index (κ2) is 13.0. The molecule has 3 aromatic carbocycles. The minimum Gasteiger partial charge on any atom is -0.490 e. The first-order chi connectivity index (χ1) is 16.9. The first kappa shape index (κ1) is 25.5. The third kappa shape index (κ3) is 8.32. The third-order valence-electron chi connectivity index (χ3n) is 5.11. The Labute approximate surface area is 204 Å². The summed E-state index contributed by atoms with van der Waals surface area (Å²) >= 11 is 0. The minimum absolute atomic E-state index is 0.243. The highest BCUT2D eigenvalue weighted by atomic mass is 16.5. The number of aliphatic carboxylic acids is 1. The zero-order valence-electron chi connectivity index (χ0n) is 19.4. The summed E-state index contributed by atoms with van der Waals surface area (Å²) in [5.41, 5.74) is 2.95. The van der Waals surface area contributed by atoms with E-state index in [1.54, 1.807) is 31.2 Å². The summed E-state index contributed by atoms with van der Waals surface area (Å²) in [6, 6.07) is 21.5. The van der Waals surface area contributed by atoms with E-state index in [9.17, 15) is 14.7 Å². The minimum atomic E-state index is -0.971. The summed E-state index contributed by atoms with van der Waals surface area (Å²) in [5, 5.41) is 18.2. The molecule has 0 saturated heterocycles. The zero-order valence-corrected chi connectivity index (χ0v) is 19.4. The van der Waals surface area contributed by atoms with Crippen LogP contribution in [0.1, 0.15) is 34.0 Å². The molecule has 182 valence electrons. The summed E-state index contributed by atoms with van der Waals surface area (Å²) < 4.78 is 16.8. The number of carbonyl (C=O) groups is 2. The molecule has 0 amide bonds. The molecule has 0 spiro atoms. The first-order valence-electron chi connectivity index (χ1n) is 11.2. The fourth-order valence-corrected chi connectivity index (χ4v) is 3.30. The fraction of sp³-hybridized carbons (Fsp3) is 0.214. The molecule has 0 bridgehead atoms. The van der Waals surface area contributed by atoms with Gasteiger partial charge in [0.1, 0.15) is 24.7 Å². The van der Waals surface area contributed by atoms with Gasteiger partial charge in [0.25, 0.3) is 0 Å². The Kier molecular flexibility index (Phi) is 9.45. The van der Waals surface area contributed by atoms with Gasteiger partial charge in [-0.25, -0.2) is 9.59 Å².